The summed E-state index contributed by atoms with van der Waals surface area (Å²) in [5.41, 5.74) is 2.55. The molecule has 1 atom stereocenters. The highest BCUT2D eigenvalue weighted by Gasteiger charge is 2.26. The molecule has 4 heteroatoms. The molecule has 3 rings (SSSR count). The number of rotatable bonds is 5. The number of nitrogens with one attached hydrogen (secondary N) is 1. The van der Waals surface area contributed by atoms with Crippen molar-refractivity contribution < 1.29 is 14.3 Å². The lowest BCUT2D eigenvalue weighted by molar-refractivity contribution is -0.130. The van der Waals surface area contributed by atoms with Crippen molar-refractivity contribution in [3.8, 4) is 11.5 Å². The Morgan fingerprint density at radius 3 is 2.65 bits per heavy atom. The zero-order chi connectivity index (χ0) is 16.1. The molecule has 0 bridgehead atoms. The molecule has 1 heterocycles. The van der Waals surface area contributed by atoms with Crippen molar-refractivity contribution in [2.45, 2.75) is 25.9 Å². The number of amides is 1. The van der Waals surface area contributed by atoms with Crippen molar-refractivity contribution in [2.24, 2.45) is 0 Å². The van der Waals surface area contributed by atoms with E-state index in [-0.39, 0.29) is 12.5 Å². The number of para-hydroxylation sites is 2. The molecule has 1 amide bonds. The fourth-order valence-corrected chi connectivity index (χ4v) is 2.52. The molecule has 0 aromatic heterocycles. The molecule has 2 aromatic rings. The maximum Gasteiger partial charge on any atom is 0.264 e. The Labute approximate surface area is 136 Å². The molecule has 0 fully saturated rings. The van der Waals surface area contributed by atoms with E-state index in [1.807, 2.05) is 24.3 Å². The number of hydrogen-bond acceptors (Lipinski definition) is 3. The van der Waals surface area contributed by atoms with Gasteiger partial charge in [-0.25, -0.2) is 0 Å². The van der Waals surface area contributed by atoms with Crippen LogP contribution in [0.1, 0.15) is 17.5 Å². The molecular formula is C19H21NO3. The molecule has 0 spiro atoms. The first kappa shape index (κ1) is 15.4. The Morgan fingerprint density at radius 2 is 1.87 bits per heavy atom. The van der Waals surface area contributed by atoms with Gasteiger partial charge in [0.2, 0.25) is 6.10 Å². The Morgan fingerprint density at radius 1 is 1.13 bits per heavy atom. The maximum atomic E-state index is 12.1. The van der Waals surface area contributed by atoms with Gasteiger partial charge in [0.1, 0.15) is 6.61 Å². The third-order valence-electron chi connectivity index (χ3n) is 3.86. The van der Waals surface area contributed by atoms with Crippen molar-refractivity contribution in [3.63, 3.8) is 0 Å². The second kappa shape index (κ2) is 7.18. The first-order valence-corrected chi connectivity index (χ1v) is 7.94. The highest BCUT2D eigenvalue weighted by Crippen LogP contribution is 2.30. The molecule has 23 heavy (non-hydrogen) atoms. The van der Waals surface area contributed by atoms with Crippen LogP contribution < -0.4 is 14.8 Å². The lowest BCUT2D eigenvalue weighted by atomic mass is 10.1. The van der Waals surface area contributed by atoms with Crippen molar-refractivity contribution in [1.82, 2.24) is 5.32 Å². The van der Waals surface area contributed by atoms with Crippen LogP contribution in [-0.2, 0) is 11.2 Å². The van der Waals surface area contributed by atoms with E-state index in [9.17, 15) is 4.79 Å². The molecule has 0 saturated heterocycles. The number of ether oxygens (including phenoxy) is 2. The second-order valence-corrected chi connectivity index (χ2v) is 5.74. The molecular weight excluding hydrogens is 290 g/mol. The minimum Gasteiger partial charge on any atom is -0.485 e. The average Bonchev–Trinajstić information content (AvgIpc) is 2.59. The number of fused-ring (bicyclic) bond motifs is 1. The van der Waals surface area contributed by atoms with Crippen LogP contribution >= 0.6 is 0 Å². The fourth-order valence-electron chi connectivity index (χ4n) is 2.52. The van der Waals surface area contributed by atoms with Gasteiger partial charge in [0.25, 0.3) is 5.91 Å². The van der Waals surface area contributed by atoms with E-state index in [2.05, 4.69) is 36.5 Å². The number of aryl methyl sites for hydroxylation is 2. The molecule has 120 valence electrons. The molecule has 0 radical (unpaired) electrons. The Bertz CT molecular complexity index is 667. The predicted molar refractivity (Wildman–Crippen MR) is 88.9 cm³/mol. The van der Waals surface area contributed by atoms with E-state index in [0.29, 0.717) is 18.0 Å². The van der Waals surface area contributed by atoms with E-state index in [1.165, 1.54) is 11.1 Å². The predicted octanol–water partition coefficient (Wildman–Crippen LogP) is 2.88. The third kappa shape index (κ3) is 4.03. The monoisotopic (exact) mass is 311 g/mol. The van der Waals surface area contributed by atoms with E-state index in [1.54, 1.807) is 0 Å². The summed E-state index contributed by atoms with van der Waals surface area (Å²) in [4.78, 5) is 12.1. The van der Waals surface area contributed by atoms with E-state index < -0.39 is 6.10 Å². The van der Waals surface area contributed by atoms with Crippen molar-refractivity contribution in [3.05, 3.63) is 59.7 Å². The van der Waals surface area contributed by atoms with Crippen LogP contribution in [0.2, 0.25) is 0 Å². The summed E-state index contributed by atoms with van der Waals surface area (Å²) >= 11 is 0. The topological polar surface area (TPSA) is 47.6 Å². The van der Waals surface area contributed by atoms with Crippen LogP contribution in [0.3, 0.4) is 0 Å². The highest BCUT2D eigenvalue weighted by molar-refractivity contribution is 5.81. The quantitative estimate of drug-likeness (QED) is 0.864. The minimum atomic E-state index is -0.579. The first-order chi connectivity index (χ1) is 11.2. The standard InChI is InChI=1S/C19H21NO3/c1-14-8-10-15(11-9-14)5-4-12-20-19(21)18-13-22-16-6-2-3-7-17(16)23-18/h2-3,6-11,18H,4-5,12-13H2,1H3,(H,20,21). The fraction of sp³-hybridized carbons (Fsp3) is 0.316. The Balaban J connectivity index is 1.42. The van der Waals surface area contributed by atoms with Gasteiger partial charge < -0.3 is 14.8 Å². The maximum absolute atomic E-state index is 12.1. The van der Waals surface area contributed by atoms with Gasteiger partial charge in [-0.05, 0) is 37.5 Å². The van der Waals surface area contributed by atoms with Crippen LogP contribution in [-0.4, -0.2) is 25.2 Å². The van der Waals surface area contributed by atoms with Gasteiger partial charge in [0.15, 0.2) is 11.5 Å². The smallest absolute Gasteiger partial charge is 0.264 e. The van der Waals surface area contributed by atoms with Crippen LogP contribution in [0.25, 0.3) is 0 Å². The zero-order valence-electron chi connectivity index (χ0n) is 13.2. The summed E-state index contributed by atoms with van der Waals surface area (Å²) in [5.74, 6) is 1.19. The van der Waals surface area contributed by atoms with E-state index in [0.717, 1.165) is 12.8 Å². The largest absolute Gasteiger partial charge is 0.485 e. The average molecular weight is 311 g/mol. The van der Waals surface area contributed by atoms with Crippen molar-refractivity contribution in [2.75, 3.05) is 13.2 Å². The summed E-state index contributed by atoms with van der Waals surface area (Å²) in [6, 6.07) is 15.9. The summed E-state index contributed by atoms with van der Waals surface area (Å²) in [7, 11) is 0. The highest BCUT2D eigenvalue weighted by atomic mass is 16.6. The lowest BCUT2D eigenvalue weighted by Gasteiger charge is -2.25. The molecule has 1 unspecified atom stereocenters. The van der Waals surface area contributed by atoms with E-state index in [4.69, 9.17) is 9.47 Å². The molecule has 0 aliphatic carbocycles. The van der Waals surface area contributed by atoms with Gasteiger partial charge in [0, 0.05) is 6.54 Å². The van der Waals surface area contributed by atoms with Gasteiger partial charge in [-0.15, -0.1) is 0 Å². The number of benzene rings is 2. The number of hydrogen-bond donors (Lipinski definition) is 1. The number of carbonyl (C=O) groups excluding carboxylic acids is 1. The summed E-state index contributed by atoms with van der Waals surface area (Å²) in [5, 5.41) is 2.92. The summed E-state index contributed by atoms with van der Waals surface area (Å²) < 4.78 is 11.2. The van der Waals surface area contributed by atoms with Crippen molar-refractivity contribution >= 4 is 5.91 Å². The Hall–Kier alpha value is -2.49. The van der Waals surface area contributed by atoms with Gasteiger partial charge in [-0.1, -0.05) is 42.0 Å². The van der Waals surface area contributed by atoms with Crippen LogP contribution in [0.5, 0.6) is 11.5 Å². The van der Waals surface area contributed by atoms with Gasteiger partial charge in [-0.3, -0.25) is 4.79 Å². The molecule has 1 aliphatic rings. The second-order valence-electron chi connectivity index (χ2n) is 5.74. The summed E-state index contributed by atoms with van der Waals surface area (Å²) in [6.07, 6.45) is 1.27. The molecule has 1 N–H and O–H groups in total. The Kier molecular flexibility index (Phi) is 4.81. The third-order valence-corrected chi connectivity index (χ3v) is 3.86. The SMILES string of the molecule is Cc1ccc(CCCNC(=O)C2COc3ccccc3O2)cc1. The van der Waals surface area contributed by atoms with E-state index >= 15 is 0 Å². The number of carbonyl (C=O) groups is 1. The van der Waals surface area contributed by atoms with Gasteiger partial charge >= 0.3 is 0 Å². The van der Waals surface area contributed by atoms with Crippen LogP contribution in [0, 0.1) is 6.92 Å². The molecule has 2 aromatic carbocycles. The van der Waals surface area contributed by atoms with Gasteiger partial charge in [0.05, 0.1) is 0 Å². The van der Waals surface area contributed by atoms with Crippen LogP contribution in [0.15, 0.2) is 48.5 Å². The normalized spacial score (nSPS) is 16.0. The zero-order valence-corrected chi connectivity index (χ0v) is 13.2. The van der Waals surface area contributed by atoms with Gasteiger partial charge in [-0.2, -0.15) is 0 Å². The minimum absolute atomic E-state index is 0.122. The first-order valence-electron chi connectivity index (χ1n) is 7.94. The molecule has 0 saturated carbocycles. The lowest BCUT2D eigenvalue weighted by Crippen LogP contribution is -2.44. The van der Waals surface area contributed by atoms with Crippen LogP contribution in [0.4, 0.5) is 0 Å². The summed E-state index contributed by atoms with van der Waals surface area (Å²) in [6.45, 7) is 2.96. The molecule has 4 nitrogen and oxygen atoms in total. The molecule has 1 aliphatic heterocycles. The van der Waals surface area contributed by atoms with Crippen molar-refractivity contribution in [1.29, 1.82) is 0 Å².